The third kappa shape index (κ3) is 4.43. The maximum Gasteiger partial charge on any atom is 0.222 e. The van der Waals surface area contributed by atoms with E-state index in [1.807, 2.05) is 24.3 Å². The van der Waals surface area contributed by atoms with Crippen molar-refractivity contribution in [3.05, 3.63) is 42.1 Å². The Balaban J connectivity index is 1.94. The third-order valence-corrected chi connectivity index (χ3v) is 4.88. The molecule has 1 aromatic carbocycles. The summed E-state index contributed by atoms with van der Waals surface area (Å²) in [6, 6.07) is 9.26. The Morgan fingerprint density at radius 3 is 2.88 bits per heavy atom. The van der Waals surface area contributed by atoms with Crippen LogP contribution in [0.3, 0.4) is 0 Å². The van der Waals surface area contributed by atoms with Crippen LogP contribution in [0.2, 0.25) is 0 Å². The van der Waals surface area contributed by atoms with Crippen molar-refractivity contribution < 1.29 is 13.7 Å². The number of pyridine rings is 1. The van der Waals surface area contributed by atoms with Gasteiger partial charge in [-0.2, -0.15) is 0 Å². The molecule has 2 N–H and O–H groups in total. The molecular weight excluding hydrogens is 338 g/mol. The standard InChI is InChI=1S/C18H21N3O3S/c1-12(22)20-18-10-16(15(11-19-18)17-7-4-8-24-17)21-13-5-3-6-14(9-13)25(2)23/h3,5-6,9-11,17H,4,7-8H2,1-2H3,(H2,19,20,21,22). The highest BCUT2D eigenvalue weighted by Gasteiger charge is 2.22. The number of carbonyl (C=O) groups excluding carboxylic acids is 1. The molecule has 0 bridgehead atoms. The van der Waals surface area contributed by atoms with E-state index in [1.165, 1.54) is 6.92 Å². The fourth-order valence-electron chi connectivity index (χ4n) is 2.81. The Hall–Kier alpha value is -2.25. The minimum atomic E-state index is -1.05. The van der Waals surface area contributed by atoms with E-state index < -0.39 is 10.8 Å². The predicted octanol–water partition coefficient (Wildman–Crippen LogP) is 3.37. The fourth-order valence-corrected chi connectivity index (χ4v) is 3.37. The maximum absolute atomic E-state index is 11.7. The van der Waals surface area contributed by atoms with Gasteiger partial charge in [0.25, 0.3) is 0 Å². The van der Waals surface area contributed by atoms with E-state index in [0.717, 1.165) is 41.3 Å². The fraction of sp³-hybridized carbons (Fsp3) is 0.333. The molecule has 1 aliphatic heterocycles. The van der Waals surface area contributed by atoms with Crippen LogP contribution in [-0.2, 0) is 20.3 Å². The molecule has 1 aromatic heterocycles. The van der Waals surface area contributed by atoms with Crippen LogP contribution in [0.15, 0.2) is 41.4 Å². The van der Waals surface area contributed by atoms with Crippen LogP contribution in [-0.4, -0.2) is 28.0 Å². The van der Waals surface area contributed by atoms with Crippen LogP contribution < -0.4 is 10.6 Å². The summed E-state index contributed by atoms with van der Waals surface area (Å²) in [6.45, 7) is 2.19. The van der Waals surface area contributed by atoms with E-state index >= 15 is 0 Å². The molecule has 2 aromatic rings. The molecule has 0 radical (unpaired) electrons. The molecule has 7 heteroatoms. The van der Waals surface area contributed by atoms with E-state index in [0.29, 0.717) is 5.82 Å². The zero-order chi connectivity index (χ0) is 17.8. The topological polar surface area (TPSA) is 80.3 Å². The van der Waals surface area contributed by atoms with Crippen molar-refractivity contribution in [2.75, 3.05) is 23.5 Å². The van der Waals surface area contributed by atoms with Crippen molar-refractivity contribution in [3.8, 4) is 0 Å². The largest absolute Gasteiger partial charge is 0.373 e. The molecule has 1 saturated heterocycles. The Morgan fingerprint density at radius 2 is 2.20 bits per heavy atom. The maximum atomic E-state index is 11.7. The summed E-state index contributed by atoms with van der Waals surface area (Å²) in [7, 11) is -1.05. The highest BCUT2D eigenvalue weighted by molar-refractivity contribution is 7.84. The van der Waals surface area contributed by atoms with Gasteiger partial charge in [0.05, 0.1) is 6.10 Å². The number of ether oxygens (including phenoxy) is 1. The van der Waals surface area contributed by atoms with Gasteiger partial charge in [0, 0.05) is 64.7 Å². The van der Waals surface area contributed by atoms with E-state index in [4.69, 9.17) is 4.74 Å². The SMILES string of the molecule is CC(=O)Nc1cc(Nc2cccc(S(C)=O)c2)c(C2CCCO2)cn1. The summed E-state index contributed by atoms with van der Waals surface area (Å²) >= 11 is 0. The number of hydrogen-bond acceptors (Lipinski definition) is 5. The molecule has 0 aliphatic carbocycles. The van der Waals surface area contributed by atoms with Gasteiger partial charge in [-0.25, -0.2) is 4.98 Å². The Morgan fingerprint density at radius 1 is 1.36 bits per heavy atom. The van der Waals surface area contributed by atoms with E-state index in [2.05, 4.69) is 15.6 Å². The highest BCUT2D eigenvalue weighted by Crippen LogP contribution is 2.35. The number of amides is 1. The van der Waals surface area contributed by atoms with Gasteiger partial charge in [-0.05, 0) is 31.0 Å². The molecule has 2 unspecified atom stereocenters. The van der Waals surface area contributed by atoms with E-state index in [9.17, 15) is 9.00 Å². The Labute approximate surface area is 149 Å². The first kappa shape index (κ1) is 17.6. The molecule has 1 aliphatic rings. The molecule has 0 saturated carbocycles. The summed E-state index contributed by atoms with van der Waals surface area (Å²) in [5, 5.41) is 6.05. The second-order valence-corrected chi connectivity index (χ2v) is 7.33. The quantitative estimate of drug-likeness (QED) is 0.855. The first-order valence-electron chi connectivity index (χ1n) is 8.12. The first-order chi connectivity index (χ1) is 12.0. The summed E-state index contributed by atoms with van der Waals surface area (Å²) in [6.07, 6.45) is 5.34. The molecule has 2 heterocycles. The van der Waals surface area contributed by atoms with Crippen molar-refractivity contribution in [3.63, 3.8) is 0 Å². The number of carbonyl (C=O) groups is 1. The second-order valence-electron chi connectivity index (χ2n) is 5.95. The van der Waals surface area contributed by atoms with Crippen molar-refractivity contribution in [2.24, 2.45) is 0 Å². The monoisotopic (exact) mass is 359 g/mol. The Bertz CT molecular complexity index is 804. The number of hydrogen-bond donors (Lipinski definition) is 2. The van der Waals surface area contributed by atoms with Crippen LogP contribution in [0, 0.1) is 0 Å². The van der Waals surface area contributed by atoms with Gasteiger partial charge in [0.1, 0.15) is 5.82 Å². The average Bonchev–Trinajstić information content (AvgIpc) is 3.09. The summed E-state index contributed by atoms with van der Waals surface area (Å²) < 4.78 is 17.5. The van der Waals surface area contributed by atoms with E-state index in [-0.39, 0.29) is 12.0 Å². The van der Waals surface area contributed by atoms with Crippen molar-refractivity contribution in [2.45, 2.75) is 30.8 Å². The van der Waals surface area contributed by atoms with Gasteiger partial charge >= 0.3 is 0 Å². The predicted molar refractivity (Wildman–Crippen MR) is 98.5 cm³/mol. The van der Waals surface area contributed by atoms with Crippen LogP contribution in [0.5, 0.6) is 0 Å². The molecular formula is C18H21N3O3S. The highest BCUT2D eigenvalue weighted by atomic mass is 32.2. The molecule has 2 atom stereocenters. The van der Waals surface area contributed by atoms with Crippen molar-refractivity contribution in [1.29, 1.82) is 0 Å². The zero-order valence-corrected chi connectivity index (χ0v) is 15.1. The number of anilines is 3. The number of rotatable bonds is 5. The smallest absolute Gasteiger partial charge is 0.222 e. The second kappa shape index (κ2) is 7.76. The van der Waals surface area contributed by atoms with E-state index in [1.54, 1.807) is 18.5 Å². The Kier molecular flexibility index (Phi) is 5.45. The van der Waals surface area contributed by atoms with Gasteiger partial charge in [0.2, 0.25) is 5.91 Å². The van der Waals surface area contributed by atoms with Crippen LogP contribution in [0.1, 0.15) is 31.4 Å². The van der Waals surface area contributed by atoms with Crippen molar-refractivity contribution in [1.82, 2.24) is 4.98 Å². The first-order valence-corrected chi connectivity index (χ1v) is 9.68. The van der Waals surface area contributed by atoms with Gasteiger partial charge in [-0.15, -0.1) is 0 Å². The molecule has 1 amide bonds. The summed E-state index contributed by atoms with van der Waals surface area (Å²) in [4.78, 5) is 16.4. The number of nitrogens with one attached hydrogen (secondary N) is 2. The molecule has 25 heavy (non-hydrogen) atoms. The minimum Gasteiger partial charge on any atom is -0.373 e. The average molecular weight is 359 g/mol. The molecule has 1 fully saturated rings. The zero-order valence-electron chi connectivity index (χ0n) is 14.2. The molecule has 6 nitrogen and oxygen atoms in total. The summed E-state index contributed by atoms with van der Waals surface area (Å²) in [5.41, 5.74) is 2.60. The lowest BCUT2D eigenvalue weighted by atomic mass is 10.1. The third-order valence-electron chi connectivity index (χ3n) is 3.96. The molecule has 3 rings (SSSR count). The van der Waals surface area contributed by atoms with Gasteiger partial charge in [-0.3, -0.25) is 9.00 Å². The number of benzene rings is 1. The minimum absolute atomic E-state index is 0.00938. The summed E-state index contributed by atoms with van der Waals surface area (Å²) in [5.74, 6) is 0.304. The van der Waals surface area contributed by atoms with Crippen LogP contribution >= 0.6 is 0 Å². The van der Waals surface area contributed by atoms with Crippen LogP contribution in [0.25, 0.3) is 0 Å². The molecule has 132 valence electrons. The molecule has 0 spiro atoms. The number of aromatic nitrogens is 1. The lowest BCUT2D eigenvalue weighted by molar-refractivity contribution is -0.114. The van der Waals surface area contributed by atoms with Gasteiger partial charge in [-0.1, -0.05) is 6.07 Å². The van der Waals surface area contributed by atoms with Crippen molar-refractivity contribution >= 4 is 33.9 Å². The van der Waals surface area contributed by atoms with Crippen LogP contribution in [0.4, 0.5) is 17.2 Å². The van der Waals surface area contributed by atoms with Gasteiger partial charge < -0.3 is 15.4 Å². The normalized spacial score (nSPS) is 17.9. The number of nitrogens with zero attached hydrogens (tertiary/aromatic N) is 1. The lowest BCUT2D eigenvalue weighted by Gasteiger charge is -2.18. The van der Waals surface area contributed by atoms with Gasteiger partial charge in [0.15, 0.2) is 0 Å². The lowest BCUT2D eigenvalue weighted by Crippen LogP contribution is -2.10.